The summed E-state index contributed by atoms with van der Waals surface area (Å²) in [5.74, 6) is -2.01. The van der Waals surface area contributed by atoms with Gasteiger partial charge < -0.3 is 14.8 Å². The minimum absolute atomic E-state index is 0.0128. The predicted octanol–water partition coefficient (Wildman–Crippen LogP) is 3.98. The lowest BCUT2D eigenvalue weighted by molar-refractivity contribution is -0.123. The van der Waals surface area contributed by atoms with E-state index < -0.39 is 23.8 Å². The molecular formula is C18H17ClFNO4. The first-order chi connectivity index (χ1) is 11.8. The standard InChI is InChI=1S/C18H17ClFNO4/c1-10-13(19)5-4-6-15(10)21-17(22)11(2)25-18(23)12-7-8-16(24-3)14(20)9-12/h4-9,11H,1-3H3,(H,21,22)/t11-/m0/s1. The third kappa shape index (κ3) is 4.48. The molecule has 1 N–H and O–H groups in total. The van der Waals surface area contributed by atoms with Gasteiger partial charge in [0.05, 0.1) is 12.7 Å². The number of benzene rings is 2. The van der Waals surface area contributed by atoms with Crippen LogP contribution in [0.5, 0.6) is 5.75 Å². The van der Waals surface area contributed by atoms with Gasteiger partial charge in [-0.2, -0.15) is 0 Å². The van der Waals surface area contributed by atoms with Gasteiger partial charge in [0.25, 0.3) is 5.91 Å². The fraction of sp³-hybridized carbons (Fsp3) is 0.222. The summed E-state index contributed by atoms with van der Waals surface area (Å²) in [5.41, 5.74) is 1.21. The minimum Gasteiger partial charge on any atom is -0.494 e. The Balaban J connectivity index is 2.04. The highest BCUT2D eigenvalue weighted by Crippen LogP contribution is 2.23. The van der Waals surface area contributed by atoms with Gasteiger partial charge in [0, 0.05) is 10.7 Å². The smallest absolute Gasteiger partial charge is 0.339 e. The summed E-state index contributed by atoms with van der Waals surface area (Å²) in [4.78, 5) is 24.2. The van der Waals surface area contributed by atoms with Crippen LogP contribution < -0.4 is 10.1 Å². The third-order valence-electron chi connectivity index (χ3n) is 3.57. The number of carbonyl (C=O) groups is 2. The van der Waals surface area contributed by atoms with E-state index in [2.05, 4.69) is 5.32 Å². The summed E-state index contributed by atoms with van der Waals surface area (Å²) in [5, 5.41) is 3.15. The number of halogens is 2. The molecule has 0 heterocycles. The van der Waals surface area contributed by atoms with Gasteiger partial charge in [0.2, 0.25) is 0 Å². The van der Waals surface area contributed by atoms with Gasteiger partial charge in [-0.1, -0.05) is 17.7 Å². The van der Waals surface area contributed by atoms with E-state index >= 15 is 0 Å². The van der Waals surface area contributed by atoms with Gasteiger partial charge in [-0.05, 0) is 49.7 Å². The Kier molecular flexibility index (Phi) is 5.98. The summed E-state index contributed by atoms with van der Waals surface area (Å²) >= 11 is 6.00. The molecule has 0 saturated heterocycles. The zero-order valence-corrected chi connectivity index (χ0v) is 14.7. The molecule has 0 aliphatic rings. The Morgan fingerprint density at radius 1 is 1.24 bits per heavy atom. The van der Waals surface area contributed by atoms with Crippen molar-refractivity contribution in [1.82, 2.24) is 0 Å². The molecule has 7 heteroatoms. The highest BCUT2D eigenvalue weighted by molar-refractivity contribution is 6.31. The predicted molar refractivity (Wildman–Crippen MR) is 92.6 cm³/mol. The van der Waals surface area contributed by atoms with Gasteiger partial charge in [-0.25, -0.2) is 9.18 Å². The number of hydrogen-bond donors (Lipinski definition) is 1. The largest absolute Gasteiger partial charge is 0.494 e. The number of methoxy groups -OCH3 is 1. The first-order valence-corrected chi connectivity index (χ1v) is 7.81. The van der Waals surface area contributed by atoms with Crippen molar-refractivity contribution in [1.29, 1.82) is 0 Å². The Morgan fingerprint density at radius 3 is 2.60 bits per heavy atom. The number of carbonyl (C=O) groups excluding carboxylic acids is 2. The van der Waals surface area contributed by atoms with Crippen molar-refractivity contribution < 1.29 is 23.5 Å². The van der Waals surface area contributed by atoms with E-state index in [1.54, 1.807) is 25.1 Å². The van der Waals surface area contributed by atoms with Crippen molar-refractivity contribution in [3.8, 4) is 5.75 Å². The van der Waals surface area contributed by atoms with Crippen molar-refractivity contribution in [2.24, 2.45) is 0 Å². The average Bonchev–Trinajstić information content (AvgIpc) is 2.58. The van der Waals surface area contributed by atoms with Gasteiger partial charge in [-0.3, -0.25) is 4.79 Å². The first-order valence-electron chi connectivity index (χ1n) is 7.44. The SMILES string of the molecule is COc1ccc(C(=O)O[C@@H](C)C(=O)Nc2cccc(Cl)c2C)cc1F. The second kappa shape index (κ2) is 7.98. The maximum Gasteiger partial charge on any atom is 0.339 e. The van der Waals surface area contributed by atoms with Crippen LogP contribution in [0.4, 0.5) is 10.1 Å². The Bertz CT molecular complexity index is 810. The summed E-state index contributed by atoms with van der Waals surface area (Å²) in [6.45, 7) is 3.18. The van der Waals surface area contributed by atoms with Crippen LogP contribution in [0, 0.1) is 12.7 Å². The van der Waals surface area contributed by atoms with E-state index in [0.717, 1.165) is 6.07 Å². The van der Waals surface area contributed by atoms with Gasteiger partial charge in [0.1, 0.15) is 0 Å². The molecule has 0 radical (unpaired) electrons. The molecule has 0 aromatic heterocycles. The van der Waals surface area contributed by atoms with Gasteiger partial charge in [-0.15, -0.1) is 0 Å². The zero-order chi connectivity index (χ0) is 18.6. The van der Waals surface area contributed by atoms with E-state index in [1.807, 2.05) is 0 Å². The molecule has 0 aliphatic carbocycles. The molecule has 0 spiro atoms. The molecular weight excluding hydrogens is 349 g/mol. The average molecular weight is 366 g/mol. The number of rotatable bonds is 5. The van der Waals surface area contributed by atoms with Gasteiger partial charge >= 0.3 is 5.97 Å². The maximum absolute atomic E-state index is 13.7. The number of anilines is 1. The lowest BCUT2D eigenvalue weighted by Crippen LogP contribution is -2.30. The molecule has 0 bridgehead atoms. The summed E-state index contributed by atoms with van der Waals surface area (Å²) in [6.07, 6.45) is -1.07. The lowest BCUT2D eigenvalue weighted by Gasteiger charge is -2.15. The molecule has 2 rings (SSSR count). The number of hydrogen-bond acceptors (Lipinski definition) is 4. The molecule has 0 aliphatic heterocycles. The molecule has 1 atom stereocenters. The van der Waals surface area contributed by atoms with Crippen LogP contribution in [0.1, 0.15) is 22.8 Å². The van der Waals surface area contributed by atoms with Crippen LogP contribution >= 0.6 is 11.6 Å². The minimum atomic E-state index is -1.07. The Labute approximate surface area is 149 Å². The van der Waals surface area contributed by atoms with Crippen molar-refractivity contribution in [3.63, 3.8) is 0 Å². The summed E-state index contributed by atoms with van der Waals surface area (Å²) < 4.78 is 23.5. The lowest BCUT2D eigenvalue weighted by atomic mass is 10.2. The topological polar surface area (TPSA) is 64.6 Å². The number of esters is 1. The van der Waals surface area contributed by atoms with Gasteiger partial charge in [0.15, 0.2) is 17.7 Å². The third-order valence-corrected chi connectivity index (χ3v) is 3.98. The maximum atomic E-state index is 13.7. The van der Waals surface area contributed by atoms with Crippen molar-refractivity contribution >= 4 is 29.2 Å². The van der Waals surface area contributed by atoms with Crippen LogP contribution in [0.15, 0.2) is 36.4 Å². The van der Waals surface area contributed by atoms with E-state index in [0.29, 0.717) is 16.3 Å². The molecule has 2 aromatic carbocycles. The van der Waals surface area contributed by atoms with E-state index in [4.69, 9.17) is 21.1 Å². The molecule has 0 unspecified atom stereocenters. The fourth-order valence-electron chi connectivity index (χ4n) is 2.05. The number of nitrogens with one attached hydrogen (secondary N) is 1. The number of amides is 1. The molecule has 0 fully saturated rings. The molecule has 5 nitrogen and oxygen atoms in total. The van der Waals surface area contributed by atoms with Crippen molar-refractivity contribution in [2.45, 2.75) is 20.0 Å². The summed E-state index contributed by atoms with van der Waals surface area (Å²) in [7, 11) is 1.32. The Morgan fingerprint density at radius 2 is 1.96 bits per heavy atom. The molecule has 25 heavy (non-hydrogen) atoms. The zero-order valence-electron chi connectivity index (χ0n) is 13.9. The second-order valence-electron chi connectivity index (χ2n) is 5.30. The number of ether oxygens (including phenoxy) is 2. The van der Waals surface area contributed by atoms with E-state index in [1.165, 1.54) is 26.2 Å². The highest BCUT2D eigenvalue weighted by Gasteiger charge is 2.20. The monoisotopic (exact) mass is 365 g/mol. The van der Waals surface area contributed by atoms with Crippen LogP contribution in [-0.2, 0) is 9.53 Å². The fourth-order valence-corrected chi connectivity index (χ4v) is 2.23. The van der Waals surface area contributed by atoms with Crippen molar-refractivity contribution in [3.05, 3.63) is 58.4 Å². The Hall–Kier alpha value is -2.60. The van der Waals surface area contributed by atoms with Crippen LogP contribution in [-0.4, -0.2) is 25.1 Å². The highest BCUT2D eigenvalue weighted by atomic mass is 35.5. The molecule has 2 aromatic rings. The quantitative estimate of drug-likeness (QED) is 0.814. The molecule has 1 amide bonds. The summed E-state index contributed by atoms with van der Waals surface area (Å²) in [6, 6.07) is 8.75. The molecule has 132 valence electrons. The molecule has 0 saturated carbocycles. The van der Waals surface area contributed by atoms with E-state index in [9.17, 15) is 14.0 Å². The second-order valence-corrected chi connectivity index (χ2v) is 5.71. The first kappa shape index (κ1) is 18.7. The van der Waals surface area contributed by atoms with E-state index in [-0.39, 0.29) is 11.3 Å². The van der Waals surface area contributed by atoms with Crippen LogP contribution in [0.2, 0.25) is 5.02 Å². The van der Waals surface area contributed by atoms with Crippen LogP contribution in [0.25, 0.3) is 0 Å². The van der Waals surface area contributed by atoms with Crippen molar-refractivity contribution in [2.75, 3.05) is 12.4 Å². The van der Waals surface area contributed by atoms with Crippen LogP contribution in [0.3, 0.4) is 0 Å². The normalized spacial score (nSPS) is 11.6.